The number of aliphatic hydroxyl groups is 1. The summed E-state index contributed by atoms with van der Waals surface area (Å²) in [5, 5.41) is 31.6. The predicted octanol–water partition coefficient (Wildman–Crippen LogP) is 0.740. The van der Waals surface area contributed by atoms with Crippen LogP contribution in [0, 0.1) is 0 Å². The van der Waals surface area contributed by atoms with E-state index in [1.165, 1.54) is 0 Å². The highest BCUT2D eigenvalue weighted by Crippen LogP contribution is 2.30. The molecule has 130 valence electrons. The van der Waals surface area contributed by atoms with Crippen molar-refractivity contribution >= 4 is 13.3 Å². The minimum atomic E-state index is -2.17. The lowest BCUT2D eigenvalue weighted by Crippen LogP contribution is -2.49. The van der Waals surface area contributed by atoms with Crippen molar-refractivity contribution in [1.82, 2.24) is 0 Å². The van der Waals surface area contributed by atoms with Gasteiger partial charge in [-0.25, -0.2) is 4.79 Å². The maximum Gasteiger partial charge on any atom is 0.631 e. The zero-order valence-electron chi connectivity index (χ0n) is 14.1. The molecule has 0 aromatic heterocycles. The van der Waals surface area contributed by atoms with E-state index in [0.717, 1.165) is 0 Å². The van der Waals surface area contributed by atoms with Gasteiger partial charge in [-0.15, -0.1) is 0 Å². The van der Waals surface area contributed by atoms with Crippen LogP contribution in [0.25, 0.3) is 0 Å². The van der Waals surface area contributed by atoms with Gasteiger partial charge in [0.15, 0.2) is 0 Å². The fraction of sp³-hybridized carbons (Fsp3) is 0.533. The summed E-state index contributed by atoms with van der Waals surface area (Å²) in [7, 11) is -2.17. The Morgan fingerprint density at radius 2 is 1.61 bits per heavy atom. The van der Waals surface area contributed by atoms with Crippen LogP contribution in [0.3, 0.4) is 0 Å². The summed E-state index contributed by atoms with van der Waals surface area (Å²) in [6, 6.07) is 6.86. The Balaban J connectivity index is 0.00000108. The molecule has 0 heterocycles. The number of rotatable bonds is 5. The Morgan fingerprint density at radius 1 is 1.13 bits per heavy atom. The van der Waals surface area contributed by atoms with E-state index in [1.54, 1.807) is 58.9 Å². The summed E-state index contributed by atoms with van der Waals surface area (Å²) in [6.07, 6.45) is 0. The van der Waals surface area contributed by atoms with Crippen LogP contribution in [0.4, 0.5) is 0 Å². The van der Waals surface area contributed by atoms with Gasteiger partial charge in [0, 0.05) is 0 Å². The zero-order chi connectivity index (χ0) is 18.3. The number of hydrogen-bond acceptors (Lipinski definition) is 7. The molecule has 0 bridgehead atoms. The minimum Gasteiger partial charge on any atom is -0.484 e. The molecule has 0 fully saturated rings. The lowest BCUT2D eigenvalue weighted by molar-refractivity contribution is -0.0910. The van der Waals surface area contributed by atoms with Gasteiger partial charge in [-0.1, -0.05) is 12.1 Å². The highest BCUT2D eigenvalue weighted by Gasteiger charge is 2.38. The highest BCUT2D eigenvalue weighted by atomic mass is 16.5. The normalized spacial score (nSPS) is 11.2. The number of ether oxygens (including phenoxy) is 2. The molecule has 0 unspecified atom stereocenters. The van der Waals surface area contributed by atoms with E-state index >= 15 is 0 Å². The van der Waals surface area contributed by atoms with Crippen molar-refractivity contribution in [1.29, 1.82) is 0 Å². The molecule has 0 aliphatic heterocycles. The van der Waals surface area contributed by atoms with Crippen LogP contribution in [0.1, 0.15) is 45.0 Å². The fourth-order valence-corrected chi connectivity index (χ4v) is 1.33. The van der Waals surface area contributed by atoms with E-state index in [1.807, 2.05) is 0 Å². The first-order chi connectivity index (χ1) is 10.4. The van der Waals surface area contributed by atoms with E-state index in [-0.39, 0.29) is 0 Å². The van der Waals surface area contributed by atoms with Gasteiger partial charge in [0.05, 0.1) is 12.2 Å². The van der Waals surface area contributed by atoms with Gasteiger partial charge in [-0.05, 0) is 46.8 Å². The number of carbonyl (C=O) groups excluding carboxylic acids is 1. The monoisotopic (exact) mass is 328 g/mol. The van der Waals surface area contributed by atoms with Crippen molar-refractivity contribution in [3.05, 3.63) is 29.8 Å². The molecule has 23 heavy (non-hydrogen) atoms. The van der Waals surface area contributed by atoms with Gasteiger partial charge in [0.2, 0.25) is 0 Å². The number of benzene rings is 1. The van der Waals surface area contributed by atoms with Crippen molar-refractivity contribution in [3.63, 3.8) is 0 Å². The average Bonchev–Trinajstić information content (AvgIpc) is 2.37. The maximum absolute atomic E-state index is 11.8. The molecule has 0 saturated carbocycles. The van der Waals surface area contributed by atoms with E-state index in [2.05, 4.69) is 0 Å². The molecule has 1 aromatic rings. The molecule has 0 atom stereocenters. The first-order valence-corrected chi connectivity index (χ1v) is 7.14. The van der Waals surface area contributed by atoms with Crippen LogP contribution < -0.4 is 4.74 Å². The first-order valence-electron chi connectivity index (χ1n) is 7.14. The van der Waals surface area contributed by atoms with Crippen LogP contribution >= 0.6 is 0 Å². The summed E-state index contributed by atoms with van der Waals surface area (Å²) in [5.74, 6) is -0.0160. The maximum atomic E-state index is 11.8. The van der Waals surface area contributed by atoms with E-state index in [9.17, 15) is 9.90 Å². The smallest absolute Gasteiger partial charge is 0.484 e. The Kier molecular flexibility index (Phi) is 8.26. The second-order valence-corrected chi connectivity index (χ2v) is 5.73. The Morgan fingerprint density at radius 3 is 2.04 bits per heavy atom. The Labute approximate surface area is 136 Å². The largest absolute Gasteiger partial charge is 0.631 e. The van der Waals surface area contributed by atoms with Crippen LogP contribution in [0.15, 0.2) is 24.3 Å². The molecular weight excluding hydrogens is 303 g/mol. The quantitative estimate of drug-likeness (QED) is 0.465. The third kappa shape index (κ3) is 7.47. The molecule has 0 aliphatic rings. The Hall–Kier alpha value is -1.61. The van der Waals surface area contributed by atoms with E-state index in [0.29, 0.717) is 17.9 Å². The fourth-order valence-electron chi connectivity index (χ4n) is 1.33. The van der Waals surface area contributed by atoms with Gasteiger partial charge in [-0.2, -0.15) is 0 Å². The number of esters is 1. The molecule has 0 amide bonds. The van der Waals surface area contributed by atoms with Gasteiger partial charge in [0.1, 0.15) is 16.9 Å². The van der Waals surface area contributed by atoms with E-state index < -0.39 is 24.5 Å². The second-order valence-electron chi connectivity index (χ2n) is 5.73. The highest BCUT2D eigenvalue weighted by molar-refractivity contribution is 6.30. The number of para-hydroxylation sites is 1. The van der Waals surface area contributed by atoms with Crippen LogP contribution in [0.2, 0.25) is 0 Å². The summed E-state index contributed by atoms with van der Waals surface area (Å²) < 4.78 is 10.8. The number of carbonyl (C=O) groups is 1. The first kappa shape index (κ1) is 21.4. The minimum absolute atomic E-state index is 0.308. The van der Waals surface area contributed by atoms with Crippen molar-refractivity contribution in [2.45, 2.75) is 45.8 Å². The summed E-state index contributed by atoms with van der Waals surface area (Å²) in [6.45, 7) is 8.94. The zero-order valence-corrected chi connectivity index (χ0v) is 14.1. The molecular formula is C15H25BO7. The van der Waals surface area contributed by atoms with Crippen molar-refractivity contribution < 1.29 is 34.4 Å². The summed E-state index contributed by atoms with van der Waals surface area (Å²) in [4.78, 5) is 11.8. The molecule has 0 saturated heterocycles. The van der Waals surface area contributed by atoms with Crippen molar-refractivity contribution in [3.8, 4) is 5.75 Å². The third-order valence-corrected chi connectivity index (χ3v) is 3.22. The lowest BCUT2D eigenvalue weighted by Gasteiger charge is -2.37. The van der Waals surface area contributed by atoms with Crippen LogP contribution in [0.5, 0.6) is 5.75 Å². The molecule has 0 aliphatic carbocycles. The van der Waals surface area contributed by atoms with Gasteiger partial charge >= 0.3 is 13.3 Å². The molecule has 1 aromatic carbocycles. The molecule has 4 N–H and O–H groups in total. The third-order valence-electron chi connectivity index (χ3n) is 3.22. The molecule has 7 nitrogen and oxygen atoms in total. The summed E-state index contributed by atoms with van der Waals surface area (Å²) >= 11 is 0. The average molecular weight is 328 g/mol. The summed E-state index contributed by atoms with van der Waals surface area (Å²) in [5.41, 5.74) is -1.52. The molecule has 1 rings (SSSR count). The van der Waals surface area contributed by atoms with Crippen LogP contribution in [-0.2, 0) is 4.74 Å². The van der Waals surface area contributed by atoms with Crippen molar-refractivity contribution in [2.24, 2.45) is 0 Å². The lowest BCUT2D eigenvalue weighted by atomic mass is 9.89. The Bertz CT molecular complexity index is 492. The molecule has 8 heteroatoms. The van der Waals surface area contributed by atoms with Crippen LogP contribution in [-0.4, -0.2) is 51.3 Å². The van der Waals surface area contributed by atoms with E-state index in [4.69, 9.17) is 24.5 Å². The van der Waals surface area contributed by atoms with Crippen molar-refractivity contribution in [2.75, 3.05) is 6.61 Å². The topological polar surface area (TPSA) is 116 Å². The molecule has 0 radical (unpaired) electrons. The number of hydrogen-bond donors (Lipinski definition) is 4. The van der Waals surface area contributed by atoms with Gasteiger partial charge < -0.3 is 29.7 Å². The van der Waals surface area contributed by atoms with Gasteiger partial charge in [0.25, 0.3) is 0 Å². The standard InChI is InChI=1S/C15H22O4.BH3O3/c1-6-18-13(16)11-9-7-8-10-12(11)19-15(4,5)14(2,3)17;2-1(3)4/h7-10,17H,6H2,1-5H3;2-4H. The second kappa shape index (κ2) is 8.88. The molecule has 0 spiro atoms. The SMILES string of the molecule is CCOC(=O)c1ccccc1OC(C)(C)C(C)(C)O.OB(O)O. The predicted molar refractivity (Wildman–Crippen MR) is 85.8 cm³/mol. The van der Waals surface area contributed by atoms with Gasteiger partial charge in [-0.3, -0.25) is 0 Å².